The molecule has 2 N–H and O–H groups in total. The molecule has 0 spiro atoms. The number of hydrogen-bond acceptors (Lipinski definition) is 5. The molecular formula is C23H25N3O5. The molecule has 1 aliphatic heterocycles. The summed E-state index contributed by atoms with van der Waals surface area (Å²) in [5.74, 6) is -2.11. The number of carbonyl (C=O) groups is 4. The van der Waals surface area contributed by atoms with Crippen molar-refractivity contribution in [1.29, 1.82) is 0 Å². The molecule has 31 heavy (non-hydrogen) atoms. The molecule has 0 bridgehead atoms. The Labute approximate surface area is 180 Å². The molecule has 0 unspecified atom stereocenters. The van der Waals surface area contributed by atoms with Gasteiger partial charge in [0.1, 0.15) is 0 Å². The maximum Gasteiger partial charge on any atom is 0.311 e. The zero-order chi connectivity index (χ0) is 22.4. The molecule has 0 saturated carbocycles. The molecule has 1 aliphatic rings. The van der Waals surface area contributed by atoms with Crippen molar-refractivity contribution in [2.24, 2.45) is 5.92 Å². The highest BCUT2D eigenvalue weighted by Crippen LogP contribution is 2.29. The van der Waals surface area contributed by atoms with E-state index in [1.807, 2.05) is 37.3 Å². The van der Waals surface area contributed by atoms with Crippen LogP contribution < -0.4 is 10.6 Å². The fourth-order valence-electron chi connectivity index (χ4n) is 3.51. The summed E-state index contributed by atoms with van der Waals surface area (Å²) < 4.78 is 5.13. The van der Waals surface area contributed by atoms with Crippen LogP contribution in [0.2, 0.25) is 0 Å². The average molecular weight is 423 g/mol. The summed E-state index contributed by atoms with van der Waals surface area (Å²) in [6, 6.07) is 15.8. The Bertz CT molecular complexity index is 976. The molecule has 1 fully saturated rings. The Morgan fingerprint density at radius 2 is 1.87 bits per heavy atom. The van der Waals surface area contributed by atoms with Crippen LogP contribution in [0.5, 0.6) is 0 Å². The van der Waals surface area contributed by atoms with E-state index < -0.39 is 24.4 Å². The number of nitrogens with zero attached hydrogens (tertiary/aromatic N) is 1. The molecule has 3 rings (SSSR count). The van der Waals surface area contributed by atoms with Crippen molar-refractivity contribution < 1.29 is 23.9 Å². The zero-order valence-corrected chi connectivity index (χ0v) is 17.5. The van der Waals surface area contributed by atoms with Gasteiger partial charge in [-0.2, -0.15) is 0 Å². The van der Waals surface area contributed by atoms with E-state index in [1.165, 1.54) is 13.1 Å². The maximum atomic E-state index is 12.4. The third-order valence-corrected chi connectivity index (χ3v) is 5.22. The standard InChI is InChI=1S/C23H25N3O5/c1-15(16-7-4-3-5-8-16)26-13-18(12-21(26)28)23(30)31-14-20(27)25-19-10-6-9-17(11-19)22(29)24-2/h3-11,15,18H,12-14H2,1-2H3,(H,24,29)(H,25,27)/t15-,18-/m1/s1. The number of amides is 3. The second-order valence-corrected chi connectivity index (χ2v) is 7.35. The number of nitrogens with one attached hydrogen (secondary N) is 2. The molecule has 2 atom stereocenters. The fraction of sp³-hybridized carbons (Fsp3) is 0.304. The van der Waals surface area contributed by atoms with Crippen molar-refractivity contribution in [3.8, 4) is 0 Å². The molecule has 162 valence electrons. The van der Waals surface area contributed by atoms with Gasteiger partial charge in [-0.3, -0.25) is 19.2 Å². The number of anilines is 1. The molecular weight excluding hydrogens is 398 g/mol. The predicted octanol–water partition coefficient (Wildman–Crippen LogP) is 2.14. The van der Waals surface area contributed by atoms with Crippen molar-refractivity contribution in [3.05, 3.63) is 65.7 Å². The highest BCUT2D eigenvalue weighted by atomic mass is 16.5. The van der Waals surface area contributed by atoms with E-state index in [0.29, 0.717) is 11.3 Å². The molecule has 3 amide bonds. The summed E-state index contributed by atoms with van der Waals surface area (Å²) in [5.41, 5.74) is 1.80. The number of hydrogen-bond donors (Lipinski definition) is 2. The number of rotatable bonds is 7. The third-order valence-electron chi connectivity index (χ3n) is 5.22. The van der Waals surface area contributed by atoms with Crippen molar-refractivity contribution in [1.82, 2.24) is 10.2 Å². The van der Waals surface area contributed by atoms with E-state index in [2.05, 4.69) is 10.6 Å². The summed E-state index contributed by atoms with van der Waals surface area (Å²) in [7, 11) is 1.52. The Morgan fingerprint density at radius 1 is 1.13 bits per heavy atom. The molecule has 0 radical (unpaired) electrons. The summed E-state index contributed by atoms with van der Waals surface area (Å²) in [5, 5.41) is 5.10. The largest absolute Gasteiger partial charge is 0.455 e. The normalized spacial score (nSPS) is 16.5. The van der Waals surface area contributed by atoms with Crippen molar-refractivity contribution in [3.63, 3.8) is 0 Å². The van der Waals surface area contributed by atoms with E-state index in [1.54, 1.807) is 23.1 Å². The minimum absolute atomic E-state index is 0.0613. The number of ether oxygens (including phenoxy) is 1. The van der Waals surface area contributed by atoms with Gasteiger partial charge in [0.15, 0.2) is 6.61 Å². The van der Waals surface area contributed by atoms with Crippen molar-refractivity contribution in [2.75, 3.05) is 25.5 Å². The molecule has 1 heterocycles. The smallest absolute Gasteiger partial charge is 0.311 e. The lowest BCUT2D eigenvalue weighted by molar-refractivity contribution is -0.151. The fourth-order valence-corrected chi connectivity index (χ4v) is 3.51. The van der Waals surface area contributed by atoms with Crippen LogP contribution in [0.15, 0.2) is 54.6 Å². The van der Waals surface area contributed by atoms with Crippen LogP contribution in [-0.2, 0) is 19.1 Å². The van der Waals surface area contributed by atoms with Gasteiger partial charge in [0, 0.05) is 31.3 Å². The summed E-state index contributed by atoms with van der Waals surface area (Å²) >= 11 is 0. The molecule has 0 aromatic heterocycles. The summed E-state index contributed by atoms with van der Waals surface area (Å²) in [6.45, 7) is 1.70. The Hall–Kier alpha value is -3.68. The van der Waals surface area contributed by atoms with Crippen LogP contribution in [0.4, 0.5) is 5.69 Å². The van der Waals surface area contributed by atoms with Gasteiger partial charge in [-0.05, 0) is 30.7 Å². The van der Waals surface area contributed by atoms with Crippen LogP contribution in [0.1, 0.15) is 35.3 Å². The lowest BCUT2D eigenvalue weighted by atomic mass is 10.1. The van der Waals surface area contributed by atoms with Gasteiger partial charge in [-0.1, -0.05) is 36.4 Å². The van der Waals surface area contributed by atoms with Gasteiger partial charge in [0.05, 0.1) is 12.0 Å². The molecule has 8 nitrogen and oxygen atoms in total. The molecule has 0 aliphatic carbocycles. The van der Waals surface area contributed by atoms with E-state index >= 15 is 0 Å². The van der Waals surface area contributed by atoms with Gasteiger partial charge in [0.25, 0.3) is 11.8 Å². The van der Waals surface area contributed by atoms with E-state index in [9.17, 15) is 19.2 Å². The van der Waals surface area contributed by atoms with Gasteiger partial charge >= 0.3 is 5.97 Å². The van der Waals surface area contributed by atoms with E-state index in [0.717, 1.165) is 5.56 Å². The second-order valence-electron chi connectivity index (χ2n) is 7.35. The first-order valence-electron chi connectivity index (χ1n) is 10.0. The minimum Gasteiger partial charge on any atom is -0.455 e. The molecule has 2 aromatic rings. The summed E-state index contributed by atoms with van der Waals surface area (Å²) in [6.07, 6.45) is 0.0613. The Balaban J connectivity index is 1.51. The first kappa shape index (κ1) is 22.0. The molecule has 2 aromatic carbocycles. The van der Waals surface area contributed by atoms with Crippen LogP contribution in [0, 0.1) is 5.92 Å². The van der Waals surface area contributed by atoms with Gasteiger partial charge in [0.2, 0.25) is 5.91 Å². The second kappa shape index (κ2) is 9.88. The lowest BCUT2D eigenvalue weighted by Crippen LogP contribution is -2.30. The van der Waals surface area contributed by atoms with E-state index in [4.69, 9.17) is 4.74 Å². The first-order chi connectivity index (χ1) is 14.9. The third kappa shape index (κ3) is 5.48. The first-order valence-corrected chi connectivity index (χ1v) is 10.0. The van der Waals surface area contributed by atoms with Gasteiger partial charge in [-0.15, -0.1) is 0 Å². The zero-order valence-electron chi connectivity index (χ0n) is 17.5. The lowest BCUT2D eigenvalue weighted by Gasteiger charge is -2.25. The Morgan fingerprint density at radius 3 is 2.58 bits per heavy atom. The quantitative estimate of drug-likeness (QED) is 0.664. The van der Waals surface area contributed by atoms with Crippen LogP contribution in [-0.4, -0.2) is 48.8 Å². The SMILES string of the molecule is CNC(=O)c1cccc(NC(=O)COC(=O)[C@@H]2CC(=O)N([C@H](C)c3ccccc3)C2)c1. The Kier molecular flexibility index (Phi) is 7.02. The van der Waals surface area contributed by atoms with Crippen molar-refractivity contribution in [2.45, 2.75) is 19.4 Å². The van der Waals surface area contributed by atoms with Crippen LogP contribution in [0.3, 0.4) is 0 Å². The van der Waals surface area contributed by atoms with Crippen molar-refractivity contribution >= 4 is 29.4 Å². The van der Waals surface area contributed by atoms with Gasteiger partial charge in [-0.25, -0.2) is 0 Å². The average Bonchev–Trinajstić information content (AvgIpc) is 3.18. The number of benzene rings is 2. The highest BCUT2D eigenvalue weighted by Gasteiger charge is 2.38. The molecule has 8 heteroatoms. The maximum absolute atomic E-state index is 12.4. The predicted molar refractivity (Wildman–Crippen MR) is 114 cm³/mol. The topological polar surface area (TPSA) is 105 Å². The number of esters is 1. The van der Waals surface area contributed by atoms with Crippen LogP contribution in [0.25, 0.3) is 0 Å². The van der Waals surface area contributed by atoms with E-state index in [-0.39, 0.29) is 30.8 Å². The minimum atomic E-state index is -0.608. The van der Waals surface area contributed by atoms with Gasteiger partial charge < -0.3 is 20.3 Å². The summed E-state index contributed by atoms with van der Waals surface area (Å²) in [4.78, 5) is 50.3. The monoisotopic (exact) mass is 423 g/mol. The van der Waals surface area contributed by atoms with Crippen LogP contribution >= 0.6 is 0 Å². The molecule has 1 saturated heterocycles. The highest BCUT2D eigenvalue weighted by molar-refractivity contribution is 5.97. The number of likely N-dealkylation sites (tertiary alicyclic amines) is 1. The number of carbonyl (C=O) groups excluding carboxylic acids is 4.